The van der Waals surface area contributed by atoms with Crippen molar-refractivity contribution in [2.24, 2.45) is 10.7 Å². The van der Waals surface area contributed by atoms with Gasteiger partial charge in [0.05, 0.1) is 0 Å². The van der Waals surface area contributed by atoms with Crippen LogP contribution >= 0.6 is 0 Å². The Hall–Kier alpha value is -0.890. The van der Waals surface area contributed by atoms with Gasteiger partial charge in [-0.2, -0.15) is 0 Å². The van der Waals surface area contributed by atoms with Crippen molar-refractivity contribution in [2.45, 2.75) is 13.3 Å². The summed E-state index contributed by atoms with van der Waals surface area (Å²) in [6, 6.07) is 0. The molecule has 0 aliphatic rings. The zero-order valence-electron chi connectivity index (χ0n) is 6.38. The summed E-state index contributed by atoms with van der Waals surface area (Å²) in [5, 5.41) is 0. The van der Waals surface area contributed by atoms with Crippen molar-refractivity contribution >= 4 is 5.71 Å². The summed E-state index contributed by atoms with van der Waals surface area (Å²) in [5.41, 5.74) is 6.36. The van der Waals surface area contributed by atoms with E-state index in [0.717, 1.165) is 12.1 Å². The van der Waals surface area contributed by atoms with Crippen LogP contribution < -0.4 is 5.73 Å². The average molecular weight is 138 g/mol. The molecule has 0 aliphatic carbocycles. The highest BCUT2D eigenvalue weighted by atomic mass is 14.7. The number of nitrogens with zero attached hydrogens (tertiary/aromatic N) is 1. The fourth-order valence-corrected chi connectivity index (χ4v) is 0.505. The fraction of sp³-hybridized carbons (Fsp3) is 0.375. The molecule has 0 aromatic heterocycles. The number of rotatable bonds is 4. The van der Waals surface area contributed by atoms with E-state index in [1.165, 1.54) is 0 Å². The Morgan fingerprint density at radius 1 is 1.70 bits per heavy atom. The largest absolute Gasteiger partial charge is 0.330 e. The van der Waals surface area contributed by atoms with Crippen molar-refractivity contribution in [2.75, 3.05) is 6.54 Å². The number of aliphatic imine (C=N–C) groups is 1. The molecule has 0 radical (unpaired) electrons. The zero-order valence-corrected chi connectivity index (χ0v) is 6.38. The monoisotopic (exact) mass is 138 g/mol. The average Bonchev–Trinajstić information content (AvgIpc) is 1.89. The van der Waals surface area contributed by atoms with E-state index in [4.69, 9.17) is 5.73 Å². The molecule has 0 saturated heterocycles. The van der Waals surface area contributed by atoms with Crippen LogP contribution in [0.5, 0.6) is 0 Å². The van der Waals surface area contributed by atoms with Crippen LogP contribution in [0.25, 0.3) is 0 Å². The van der Waals surface area contributed by atoms with Crippen molar-refractivity contribution < 1.29 is 0 Å². The first-order valence-corrected chi connectivity index (χ1v) is 3.32. The molecule has 0 aromatic rings. The van der Waals surface area contributed by atoms with Gasteiger partial charge < -0.3 is 5.73 Å². The van der Waals surface area contributed by atoms with Crippen molar-refractivity contribution in [3.8, 4) is 0 Å². The van der Waals surface area contributed by atoms with Crippen LogP contribution in [0.15, 0.2) is 29.9 Å². The normalized spacial score (nSPS) is 12.4. The van der Waals surface area contributed by atoms with Crippen molar-refractivity contribution in [3.63, 3.8) is 0 Å². The van der Waals surface area contributed by atoms with Crippen LogP contribution in [0, 0.1) is 0 Å². The van der Waals surface area contributed by atoms with Gasteiger partial charge in [0.25, 0.3) is 0 Å². The van der Waals surface area contributed by atoms with Gasteiger partial charge in [-0.05, 0) is 26.0 Å². The minimum Gasteiger partial charge on any atom is -0.330 e. The molecular formula is C8H14N2. The molecule has 2 nitrogen and oxygen atoms in total. The van der Waals surface area contributed by atoms with Gasteiger partial charge in [0, 0.05) is 11.9 Å². The Labute approximate surface area is 62.1 Å². The second-order valence-corrected chi connectivity index (χ2v) is 1.98. The lowest BCUT2D eigenvalue weighted by Crippen LogP contribution is -2.03. The first-order chi connectivity index (χ1) is 4.81. The molecule has 0 spiro atoms. The molecule has 10 heavy (non-hydrogen) atoms. The maximum absolute atomic E-state index is 5.31. The molecular weight excluding hydrogens is 124 g/mol. The molecule has 0 saturated carbocycles. The second-order valence-electron chi connectivity index (χ2n) is 1.98. The summed E-state index contributed by atoms with van der Waals surface area (Å²) in [6.45, 7) is 6.15. The molecule has 0 bridgehead atoms. The van der Waals surface area contributed by atoms with Gasteiger partial charge in [0.15, 0.2) is 0 Å². The van der Waals surface area contributed by atoms with E-state index < -0.39 is 0 Å². The van der Waals surface area contributed by atoms with Gasteiger partial charge in [-0.25, -0.2) is 0 Å². The van der Waals surface area contributed by atoms with E-state index in [9.17, 15) is 0 Å². The smallest absolute Gasteiger partial charge is 0.0266 e. The molecule has 56 valence electrons. The van der Waals surface area contributed by atoms with Crippen molar-refractivity contribution in [3.05, 3.63) is 24.9 Å². The number of hydrogen-bond donors (Lipinski definition) is 1. The van der Waals surface area contributed by atoms with Crippen molar-refractivity contribution in [1.29, 1.82) is 0 Å². The molecule has 0 heterocycles. The minimum atomic E-state index is 0.664. The second kappa shape index (κ2) is 6.23. The fourth-order valence-electron chi connectivity index (χ4n) is 0.505. The number of hydrogen-bond acceptors (Lipinski definition) is 2. The van der Waals surface area contributed by atoms with Crippen LogP contribution in [-0.4, -0.2) is 12.3 Å². The lowest BCUT2D eigenvalue weighted by atomic mass is 10.3. The first kappa shape index (κ1) is 9.11. The Morgan fingerprint density at radius 3 is 2.90 bits per heavy atom. The van der Waals surface area contributed by atoms with E-state index in [1.807, 2.05) is 6.92 Å². The number of nitrogens with two attached hydrogens (primary N) is 1. The minimum absolute atomic E-state index is 0.664. The molecule has 0 atom stereocenters. The van der Waals surface area contributed by atoms with Gasteiger partial charge in [0.2, 0.25) is 0 Å². The van der Waals surface area contributed by atoms with E-state index in [2.05, 4.69) is 11.6 Å². The highest BCUT2D eigenvalue weighted by Gasteiger charge is 1.83. The molecule has 0 aromatic carbocycles. The number of allylic oxidation sites excluding steroid dienone is 2. The summed E-state index contributed by atoms with van der Waals surface area (Å²) in [5.74, 6) is 0. The molecule has 0 rings (SSSR count). The van der Waals surface area contributed by atoms with Crippen LogP contribution in [-0.2, 0) is 0 Å². The van der Waals surface area contributed by atoms with Gasteiger partial charge in [-0.1, -0.05) is 12.7 Å². The summed E-state index contributed by atoms with van der Waals surface area (Å²) in [4.78, 5) is 4.09. The summed E-state index contributed by atoms with van der Waals surface area (Å²) in [6.07, 6.45) is 6.07. The highest BCUT2D eigenvalue weighted by Crippen LogP contribution is 1.85. The Bertz CT molecular complexity index is 145. The first-order valence-electron chi connectivity index (χ1n) is 3.32. The van der Waals surface area contributed by atoms with E-state index in [1.54, 1.807) is 18.4 Å². The zero-order chi connectivity index (χ0) is 7.82. The van der Waals surface area contributed by atoms with Crippen LogP contribution in [0.3, 0.4) is 0 Å². The molecule has 0 amide bonds. The Kier molecular flexibility index (Phi) is 5.68. The molecule has 2 heteroatoms. The van der Waals surface area contributed by atoms with Crippen LogP contribution in [0.2, 0.25) is 0 Å². The quantitative estimate of drug-likeness (QED) is 0.464. The third-order valence-corrected chi connectivity index (χ3v) is 1.02. The summed E-state index contributed by atoms with van der Waals surface area (Å²) in [7, 11) is 0. The third-order valence-electron chi connectivity index (χ3n) is 1.02. The Morgan fingerprint density at radius 2 is 2.40 bits per heavy atom. The lowest BCUT2D eigenvalue weighted by Gasteiger charge is -1.91. The van der Waals surface area contributed by atoms with Gasteiger partial charge in [0.1, 0.15) is 0 Å². The van der Waals surface area contributed by atoms with E-state index >= 15 is 0 Å². The summed E-state index contributed by atoms with van der Waals surface area (Å²) >= 11 is 0. The summed E-state index contributed by atoms with van der Waals surface area (Å²) < 4.78 is 0. The van der Waals surface area contributed by atoms with Crippen molar-refractivity contribution in [1.82, 2.24) is 0 Å². The van der Waals surface area contributed by atoms with Crippen LogP contribution in [0.1, 0.15) is 13.3 Å². The Balaban J connectivity index is 3.67. The van der Waals surface area contributed by atoms with Gasteiger partial charge in [-0.15, -0.1) is 0 Å². The van der Waals surface area contributed by atoms with E-state index in [-0.39, 0.29) is 0 Å². The molecule has 0 fully saturated rings. The predicted molar refractivity (Wildman–Crippen MR) is 46.1 cm³/mol. The highest BCUT2D eigenvalue weighted by molar-refractivity contribution is 5.82. The van der Waals surface area contributed by atoms with Crippen LogP contribution in [0.4, 0.5) is 0 Å². The van der Waals surface area contributed by atoms with Gasteiger partial charge >= 0.3 is 0 Å². The molecule has 2 N–H and O–H groups in total. The predicted octanol–water partition coefficient (Wildman–Crippen LogP) is 1.50. The topological polar surface area (TPSA) is 38.4 Å². The SMILES string of the molecule is C=C/C=C\N=C(/C)CCN. The van der Waals surface area contributed by atoms with Gasteiger partial charge in [-0.3, -0.25) is 4.99 Å². The van der Waals surface area contributed by atoms with E-state index in [0.29, 0.717) is 6.54 Å². The molecule has 0 unspecified atom stereocenters. The third kappa shape index (κ3) is 5.25. The lowest BCUT2D eigenvalue weighted by molar-refractivity contribution is 1.04. The standard InChI is InChI=1S/C8H14N2/c1-3-4-7-10-8(2)5-6-9/h3-4,7H,1,5-6,9H2,2H3/b7-4-,10-8+. The maximum atomic E-state index is 5.31. The molecule has 0 aliphatic heterocycles. The maximum Gasteiger partial charge on any atom is 0.0266 e.